The lowest BCUT2D eigenvalue weighted by molar-refractivity contribution is 0.0953. The number of ether oxygens (including phenoxy) is 4. The quantitative estimate of drug-likeness (QED) is 0.606. The van der Waals surface area contributed by atoms with Crippen LogP contribution in [0.1, 0.15) is 22.0 Å². The van der Waals surface area contributed by atoms with Crippen molar-refractivity contribution in [2.45, 2.75) is 12.2 Å². The zero-order valence-electron chi connectivity index (χ0n) is 13.2. The van der Waals surface area contributed by atoms with Crippen LogP contribution in [0.15, 0.2) is 42.5 Å². The fourth-order valence-corrected chi connectivity index (χ4v) is 2.51. The molecule has 1 saturated heterocycles. The summed E-state index contributed by atoms with van der Waals surface area (Å²) in [5, 5.41) is 0. The second-order valence-corrected chi connectivity index (χ2v) is 5.18. The van der Waals surface area contributed by atoms with E-state index in [0.717, 1.165) is 11.3 Å². The van der Waals surface area contributed by atoms with Crippen LogP contribution in [-0.2, 0) is 4.74 Å². The van der Waals surface area contributed by atoms with Crippen LogP contribution >= 0.6 is 0 Å². The number of carbonyl (C=O) groups is 1. The first-order chi connectivity index (χ1) is 11.2. The van der Waals surface area contributed by atoms with Gasteiger partial charge < -0.3 is 18.9 Å². The summed E-state index contributed by atoms with van der Waals surface area (Å²) in [6.45, 7) is 0. The van der Waals surface area contributed by atoms with E-state index in [1.54, 1.807) is 45.6 Å². The Bertz CT molecular complexity index is 708. The van der Waals surface area contributed by atoms with Crippen LogP contribution in [0.4, 0.5) is 0 Å². The van der Waals surface area contributed by atoms with Crippen molar-refractivity contribution in [3.05, 3.63) is 53.6 Å². The lowest BCUT2D eigenvalue weighted by Gasteiger charge is -2.08. The van der Waals surface area contributed by atoms with Crippen LogP contribution in [0.25, 0.3) is 0 Å². The van der Waals surface area contributed by atoms with Crippen molar-refractivity contribution in [3.63, 3.8) is 0 Å². The SMILES string of the molecule is COc1ccc(C(=O)[C@H]2O[C@@H]2c2ccc(OC)c(OC)c2)cc1. The van der Waals surface area contributed by atoms with Crippen LogP contribution in [0, 0.1) is 0 Å². The number of Topliss-reactive ketones (excluding diaryl/α,β-unsaturated/α-hetero) is 1. The molecule has 0 aromatic heterocycles. The predicted molar refractivity (Wildman–Crippen MR) is 84.5 cm³/mol. The summed E-state index contributed by atoms with van der Waals surface area (Å²) in [7, 11) is 4.75. The highest BCUT2D eigenvalue weighted by Gasteiger charge is 2.46. The van der Waals surface area contributed by atoms with E-state index in [9.17, 15) is 4.79 Å². The van der Waals surface area contributed by atoms with E-state index in [1.165, 1.54) is 0 Å². The van der Waals surface area contributed by atoms with Crippen molar-refractivity contribution in [1.82, 2.24) is 0 Å². The van der Waals surface area contributed by atoms with E-state index in [1.807, 2.05) is 18.2 Å². The van der Waals surface area contributed by atoms with Crippen molar-refractivity contribution in [3.8, 4) is 17.2 Å². The molecule has 1 heterocycles. The van der Waals surface area contributed by atoms with Gasteiger partial charge in [-0.05, 0) is 42.0 Å². The molecule has 2 aromatic rings. The van der Waals surface area contributed by atoms with Gasteiger partial charge in [0.2, 0.25) is 0 Å². The molecular formula is C18H18O5. The fraction of sp³-hybridized carbons (Fsp3) is 0.278. The Morgan fingerprint density at radius 2 is 1.61 bits per heavy atom. The van der Waals surface area contributed by atoms with Crippen LogP contribution in [0.2, 0.25) is 0 Å². The molecule has 0 spiro atoms. The lowest BCUT2D eigenvalue weighted by Crippen LogP contribution is -2.08. The number of ketones is 1. The van der Waals surface area contributed by atoms with Gasteiger partial charge in [0.15, 0.2) is 23.4 Å². The summed E-state index contributed by atoms with van der Waals surface area (Å²) in [6.07, 6.45) is -0.703. The fourth-order valence-electron chi connectivity index (χ4n) is 2.51. The molecule has 0 aliphatic carbocycles. The number of hydrogen-bond acceptors (Lipinski definition) is 5. The lowest BCUT2D eigenvalue weighted by atomic mass is 10.0. The zero-order chi connectivity index (χ0) is 16.4. The van der Waals surface area contributed by atoms with Crippen molar-refractivity contribution < 1.29 is 23.7 Å². The summed E-state index contributed by atoms with van der Waals surface area (Å²) in [4.78, 5) is 12.4. The van der Waals surface area contributed by atoms with Crippen LogP contribution in [0.5, 0.6) is 17.2 Å². The molecule has 0 N–H and O–H groups in total. The number of methoxy groups -OCH3 is 3. The molecule has 0 saturated carbocycles. The first-order valence-corrected chi connectivity index (χ1v) is 7.23. The summed E-state index contributed by atoms with van der Waals surface area (Å²) in [5.41, 5.74) is 1.51. The molecule has 120 valence electrons. The van der Waals surface area contributed by atoms with Gasteiger partial charge in [-0.2, -0.15) is 0 Å². The molecule has 0 radical (unpaired) electrons. The second-order valence-electron chi connectivity index (χ2n) is 5.18. The smallest absolute Gasteiger partial charge is 0.194 e. The Balaban J connectivity index is 1.74. The molecule has 0 bridgehead atoms. The number of benzene rings is 2. The van der Waals surface area contributed by atoms with Crippen molar-refractivity contribution >= 4 is 5.78 Å². The van der Waals surface area contributed by atoms with E-state index in [0.29, 0.717) is 17.1 Å². The Kier molecular flexibility index (Phi) is 4.21. The Labute approximate surface area is 134 Å². The van der Waals surface area contributed by atoms with Gasteiger partial charge >= 0.3 is 0 Å². The van der Waals surface area contributed by atoms with Crippen molar-refractivity contribution in [1.29, 1.82) is 0 Å². The zero-order valence-corrected chi connectivity index (χ0v) is 13.2. The number of hydrogen-bond donors (Lipinski definition) is 0. The van der Waals surface area contributed by atoms with Crippen LogP contribution in [0.3, 0.4) is 0 Å². The van der Waals surface area contributed by atoms with Gasteiger partial charge in [-0.1, -0.05) is 6.07 Å². The van der Waals surface area contributed by atoms with E-state index >= 15 is 0 Å². The highest BCUT2D eigenvalue weighted by molar-refractivity contribution is 6.01. The largest absolute Gasteiger partial charge is 0.497 e. The predicted octanol–water partition coefficient (Wildman–Crippen LogP) is 3.04. The monoisotopic (exact) mass is 314 g/mol. The Morgan fingerprint density at radius 1 is 0.913 bits per heavy atom. The van der Waals surface area contributed by atoms with E-state index in [4.69, 9.17) is 18.9 Å². The maximum absolute atomic E-state index is 12.4. The minimum atomic E-state index is -0.457. The molecule has 5 heteroatoms. The van der Waals surface area contributed by atoms with E-state index in [-0.39, 0.29) is 11.9 Å². The van der Waals surface area contributed by atoms with Gasteiger partial charge in [0.25, 0.3) is 0 Å². The summed E-state index contributed by atoms with van der Waals surface area (Å²) < 4.78 is 21.2. The summed E-state index contributed by atoms with van der Waals surface area (Å²) >= 11 is 0. The molecule has 0 unspecified atom stereocenters. The molecule has 3 rings (SSSR count). The minimum absolute atomic E-state index is 0.0348. The molecular weight excluding hydrogens is 296 g/mol. The van der Waals surface area contributed by atoms with Crippen molar-refractivity contribution in [2.24, 2.45) is 0 Å². The maximum Gasteiger partial charge on any atom is 0.194 e. The minimum Gasteiger partial charge on any atom is -0.497 e. The van der Waals surface area contributed by atoms with Gasteiger partial charge in [-0.3, -0.25) is 4.79 Å². The number of carbonyl (C=O) groups excluding carboxylic acids is 1. The van der Waals surface area contributed by atoms with E-state index in [2.05, 4.69) is 0 Å². The Morgan fingerprint density at radius 3 is 2.22 bits per heavy atom. The summed E-state index contributed by atoms with van der Waals surface area (Å²) in [5.74, 6) is 1.95. The molecule has 2 aromatic carbocycles. The average Bonchev–Trinajstić information content (AvgIpc) is 3.41. The summed E-state index contributed by atoms with van der Waals surface area (Å²) in [6, 6.07) is 12.5. The maximum atomic E-state index is 12.4. The van der Waals surface area contributed by atoms with Crippen molar-refractivity contribution in [2.75, 3.05) is 21.3 Å². The number of epoxide rings is 1. The molecule has 0 amide bonds. The number of rotatable bonds is 6. The highest BCUT2D eigenvalue weighted by Crippen LogP contribution is 2.43. The third kappa shape index (κ3) is 3.00. The Hall–Kier alpha value is -2.53. The molecule has 5 nitrogen and oxygen atoms in total. The average molecular weight is 314 g/mol. The topological polar surface area (TPSA) is 57.3 Å². The van der Waals surface area contributed by atoms with Gasteiger partial charge in [0, 0.05) is 5.56 Å². The van der Waals surface area contributed by atoms with Gasteiger partial charge in [-0.25, -0.2) is 0 Å². The third-order valence-electron chi connectivity index (χ3n) is 3.86. The first-order valence-electron chi connectivity index (χ1n) is 7.23. The molecule has 1 aliphatic rings. The normalized spacial score (nSPS) is 19.1. The van der Waals surface area contributed by atoms with Crippen LogP contribution < -0.4 is 14.2 Å². The molecule has 23 heavy (non-hydrogen) atoms. The van der Waals surface area contributed by atoms with E-state index < -0.39 is 6.10 Å². The molecule has 1 aliphatic heterocycles. The third-order valence-corrected chi connectivity index (χ3v) is 3.86. The first kappa shape index (κ1) is 15.4. The van der Waals surface area contributed by atoms with Gasteiger partial charge in [-0.15, -0.1) is 0 Å². The standard InChI is InChI=1S/C18H18O5/c1-20-13-7-4-11(5-8-13)16(19)18-17(23-18)12-6-9-14(21-2)15(10-12)22-3/h4-10,17-18H,1-3H3/t17-,18-/m1/s1. The molecule has 1 fully saturated rings. The highest BCUT2D eigenvalue weighted by atomic mass is 16.6. The van der Waals surface area contributed by atoms with Crippen LogP contribution in [-0.4, -0.2) is 33.2 Å². The van der Waals surface area contributed by atoms with Gasteiger partial charge in [0.1, 0.15) is 11.9 Å². The molecule has 2 atom stereocenters. The second kappa shape index (κ2) is 6.30. The van der Waals surface area contributed by atoms with Gasteiger partial charge in [0.05, 0.1) is 21.3 Å².